The number of nitrogens with zero attached hydrogens (tertiary/aromatic N) is 3. The van der Waals surface area contributed by atoms with Crippen LogP contribution in [0.3, 0.4) is 0 Å². The number of nitrogens with one attached hydrogen (secondary N) is 1. The first kappa shape index (κ1) is 18.2. The Kier molecular flexibility index (Phi) is 5.99. The van der Waals surface area contributed by atoms with Gasteiger partial charge in [0.2, 0.25) is 5.91 Å². The molecule has 0 atom stereocenters. The van der Waals surface area contributed by atoms with Gasteiger partial charge in [0.05, 0.1) is 28.8 Å². The number of amides is 1. The van der Waals surface area contributed by atoms with Crippen molar-refractivity contribution < 1.29 is 4.79 Å². The molecular weight excluding hydrogens is 359 g/mol. The van der Waals surface area contributed by atoms with Gasteiger partial charge in [-0.15, -0.1) is 0 Å². The fraction of sp³-hybridized carbons (Fsp3) is 0.444. The molecule has 3 rings (SSSR count). The van der Waals surface area contributed by atoms with E-state index in [1.54, 1.807) is 12.3 Å². The molecular formula is C18H22Cl2N4O. The standard InChI is InChI=1S/C18H22Cl2N4O/c1-23(11-13-5-4-8-15(19)18(13)20)12-17(25)22-16-9-10-21-24(16)14-6-2-3-7-14/h4-5,8-10,14H,2-3,6-7,11-12H2,1H3,(H,22,25). The molecule has 1 heterocycles. The number of benzene rings is 1. The van der Waals surface area contributed by atoms with E-state index in [4.69, 9.17) is 23.2 Å². The third-order valence-corrected chi connectivity index (χ3v) is 5.35. The monoisotopic (exact) mass is 380 g/mol. The number of carbonyl (C=O) groups is 1. The average Bonchev–Trinajstić information content (AvgIpc) is 3.22. The van der Waals surface area contributed by atoms with Gasteiger partial charge in [-0.05, 0) is 31.5 Å². The molecule has 1 fully saturated rings. The lowest BCUT2D eigenvalue weighted by Gasteiger charge is -2.19. The molecule has 1 amide bonds. The molecule has 0 spiro atoms. The van der Waals surface area contributed by atoms with E-state index in [-0.39, 0.29) is 12.5 Å². The van der Waals surface area contributed by atoms with Crippen LogP contribution in [0.5, 0.6) is 0 Å². The molecule has 5 nitrogen and oxygen atoms in total. The molecule has 0 bridgehead atoms. The fourth-order valence-electron chi connectivity index (χ4n) is 3.30. The summed E-state index contributed by atoms with van der Waals surface area (Å²) in [5, 5.41) is 8.41. The van der Waals surface area contributed by atoms with Gasteiger partial charge in [-0.3, -0.25) is 9.69 Å². The summed E-state index contributed by atoms with van der Waals surface area (Å²) in [5.74, 6) is 0.700. The number of halogens is 2. The number of hydrogen-bond donors (Lipinski definition) is 1. The quantitative estimate of drug-likeness (QED) is 0.808. The minimum atomic E-state index is -0.0691. The summed E-state index contributed by atoms with van der Waals surface area (Å²) in [6, 6.07) is 7.78. The second kappa shape index (κ2) is 8.21. The van der Waals surface area contributed by atoms with Gasteiger partial charge in [0.1, 0.15) is 5.82 Å². The molecule has 7 heteroatoms. The Morgan fingerprint density at radius 2 is 2.08 bits per heavy atom. The van der Waals surface area contributed by atoms with E-state index in [1.165, 1.54) is 12.8 Å². The summed E-state index contributed by atoms with van der Waals surface area (Å²) in [6.07, 6.45) is 6.43. The summed E-state index contributed by atoms with van der Waals surface area (Å²) >= 11 is 12.2. The Morgan fingerprint density at radius 1 is 1.32 bits per heavy atom. The molecule has 1 N–H and O–H groups in total. The molecule has 1 aromatic heterocycles. The molecule has 0 aliphatic heterocycles. The first-order valence-electron chi connectivity index (χ1n) is 8.49. The molecule has 0 saturated heterocycles. The summed E-state index contributed by atoms with van der Waals surface area (Å²) in [7, 11) is 1.88. The first-order chi connectivity index (χ1) is 12.0. The predicted octanol–water partition coefficient (Wildman–Crippen LogP) is 4.38. The second-order valence-electron chi connectivity index (χ2n) is 6.53. The zero-order valence-electron chi connectivity index (χ0n) is 14.2. The van der Waals surface area contributed by atoms with Crippen LogP contribution in [0.15, 0.2) is 30.5 Å². The fourth-order valence-corrected chi connectivity index (χ4v) is 3.68. The van der Waals surface area contributed by atoms with Crippen LogP contribution in [0.25, 0.3) is 0 Å². The number of carbonyl (C=O) groups excluding carboxylic acids is 1. The van der Waals surface area contributed by atoms with E-state index in [0.717, 1.165) is 24.2 Å². The largest absolute Gasteiger partial charge is 0.310 e. The minimum Gasteiger partial charge on any atom is -0.310 e. The average molecular weight is 381 g/mol. The van der Waals surface area contributed by atoms with E-state index in [0.29, 0.717) is 22.6 Å². The van der Waals surface area contributed by atoms with Crippen LogP contribution in [0.1, 0.15) is 37.3 Å². The van der Waals surface area contributed by atoms with Crippen molar-refractivity contribution in [1.82, 2.24) is 14.7 Å². The SMILES string of the molecule is CN(CC(=O)Nc1ccnn1C1CCCC1)Cc1cccc(Cl)c1Cl. The lowest BCUT2D eigenvalue weighted by atomic mass is 10.2. The Morgan fingerprint density at radius 3 is 2.84 bits per heavy atom. The van der Waals surface area contributed by atoms with Gasteiger partial charge < -0.3 is 5.32 Å². The van der Waals surface area contributed by atoms with Crippen LogP contribution < -0.4 is 5.32 Å². The summed E-state index contributed by atoms with van der Waals surface area (Å²) in [5.41, 5.74) is 0.903. The minimum absolute atomic E-state index is 0.0691. The van der Waals surface area contributed by atoms with Crippen LogP contribution in [0.4, 0.5) is 5.82 Å². The van der Waals surface area contributed by atoms with Gasteiger partial charge in [0, 0.05) is 12.6 Å². The topological polar surface area (TPSA) is 50.2 Å². The van der Waals surface area contributed by atoms with Crippen molar-refractivity contribution in [1.29, 1.82) is 0 Å². The number of anilines is 1. The van der Waals surface area contributed by atoms with Crippen molar-refractivity contribution in [2.45, 2.75) is 38.3 Å². The first-order valence-corrected chi connectivity index (χ1v) is 9.25. The molecule has 1 aromatic carbocycles. The zero-order valence-corrected chi connectivity index (χ0v) is 15.7. The number of aromatic nitrogens is 2. The number of likely N-dealkylation sites (N-methyl/N-ethyl adjacent to an activating group) is 1. The Labute approximate surface area is 157 Å². The highest BCUT2D eigenvalue weighted by molar-refractivity contribution is 6.42. The van der Waals surface area contributed by atoms with Crippen molar-refractivity contribution in [3.63, 3.8) is 0 Å². The van der Waals surface area contributed by atoms with Gasteiger partial charge in [0.25, 0.3) is 0 Å². The van der Waals surface area contributed by atoms with Crippen LogP contribution in [-0.4, -0.2) is 34.2 Å². The van der Waals surface area contributed by atoms with Crippen LogP contribution in [0, 0.1) is 0 Å². The van der Waals surface area contributed by atoms with Crippen molar-refractivity contribution in [2.75, 3.05) is 18.9 Å². The van der Waals surface area contributed by atoms with Gasteiger partial charge in [-0.1, -0.05) is 48.2 Å². The number of rotatable bonds is 6. The molecule has 134 valence electrons. The molecule has 2 aromatic rings. The van der Waals surface area contributed by atoms with Crippen LogP contribution in [-0.2, 0) is 11.3 Å². The van der Waals surface area contributed by atoms with Gasteiger partial charge >= 0.3 is 0 Å². The molecule has 25 heavy (non-hydrogen) atoms. The lowest BCUT2D eigenvalue weighted by Crippen LogP contribution is -2.30. The van der Waals surface area contributed by atoms with Crippen molar-refractivity contribution in [2.24, 2.45) is 0 Å². The summed E-state index contributed by atoms with van der Waals surface area (Å²) < 4.78 is 1.94. The third-order valence-electron chi connectivity index (χ3n) is 4.49. The predicted molar refractivity (Wildman–Crippen MR) is 101 cm³/mol. The maximum absolute atomic E-state index is 12.4. The van der Waals surface area contributed by atoms with E-state index < -0.39 is 0 Å². The maximum Gasteiger partial charge on any atom is 0.239 e. The molecule has 1 aliphatic rings. The third kappa shape index (κ3) is 4.54. The van der Waals surface area contributed by atoms with E-state index in [1.807, 2.05) is 34.8 Å². The Bertz CT molecular complexity index is 740. The molecule has 0 radical (unpaired) electrons. The van der Waals surface area contributed by atoms with Gasteiger partial charge in [-0.2, -0.15) is 5.10 Å². The van der Waals surface area contributed by atoms with Crippen molar-refractivity contribution in [3.8, 4) is 0 Å². The Hall–Kier alpha value is -1.56. The number of hydrogen-bond acceptors (Lipinski definition) is 3. The van der Waals surface area contributed by atoms with E-state index >= 15 is 0 Å². The highest BCUT2D eigenvalue weighted by atomic mass is 35.5. The highest BCUT2D eigenvalue weighted by Gasteiger charge is 2.20. The summed E-state index contributed by atoms with van der Waals surface area (Å²) in [4.78, 5) is 14.3. The van der Waals surface area contributed by atoms with Gasteiger partial charge in [0.15, 0.2) is 0 Å². The molecule has 1 saturated carbocycles. The smallest absolute Gasteiger partial charge is 0.239 e. The van der Waals surface area contributed by atoms with E-state index in [2.05, 4.69) is 10.4 Å². The lowest BCUT2D eigenvalue weighted by molar-refractivity contribution is -0.117. The second-order valence-corrected chi connectivity index (χ2v) is 7.32. The van der Waals surface area contributed by atoms with Crippen molar-refractivity contribution >= 4 is 34.9 Å². The summed E-state index contributed by atoms with van der Waals surface area (Å²) in [6.45, 7) is 0.813. The maximum atomic E-state index is 12.4. The zero-order chi connectivity index (χ0) is 17.8. The normalized spacial score (nSPS) is 15.0. The van der Waals surface area contributed by atoms with Crippen molar-refractivity contribution in [3.05, 3.63) is 46.1 Å². The van der Waals surface area contributed by atoms with E-state index in [9.17, 15) is 4.79 Å². The van der Waals surface area contributed by atoms with Gasteiger partial charge in [-0.25, -0.2) is 4.68 Å². The molecule has 1 aliphatic carbocycles. The van der Waals surface area contributed by atoms with Crippen LogP contribution in [0.2, 0.25) is 10.0 Å². The van der Waals surface area contributed by atoms with Crippen LogP contribution >= 0.6 is 23.2 Å². The Balaban J connectivity index is 1.57. The highest BCUT2D eigenvalue weighted by Crippen LogP contribution is 2.31. The molecule has 0 unspecified atom stereocenters.